The first-order valence-corrected chi connectivity index (χ1v) is 7.09. The zero-order valence-corrected chi connectivity index (χ0v) is 12.2. The van der Waals surface area contributed by atoms with E-state index in [1.165, 1.54) is 12.0 Å². The van der Waals surface area contributed by atoms with Gasteiger partial charge in [-0.1, -0.05) is 37.1 Å². The normalized spacial score (nSPS) is 10.7. The Balaban J connectivity index is 2.08. The first kappa shape index (κ1) is 13.9. The molecule has 1 aromatic heterocycles. The molecule has 0 spiro atoms. The summed E-state index contributed by atoms with van der Waals surface area (Å²) in [5.74, 6) is 0.945. The molecule has 0 saturated carbocycles. The van der Waals surface area contributed by atoms with E-state index in [1.807, 2.05) is 31.2 Å². The van der Waals surface area contributed by atoms with Gasteiger partial charge in [0.15, 0.2) is 0 Å². The molecular formula is C15H20ClN3. The SMILES string of the molecule is CCCCNc1nc(C)cn1Cc1ccc(Cl)cc1. The molecule has 2 rings (SSSR count). The van der Waals surface area contributed by atoms with Crippen LogP contribution < -0.4 is 5.32 Å². The third-order valence-electron chi connectivity index (χ3n) is 2.98. The molecule has 19 heavy (non-hydrogen) atoms. The molecule has 0 amide bonds. The smallest absolute Gasteiger partial charge is 0.203 e. The summed E-state index contributed by atoms with van der Waals surface area (Å²) < 4.78 is 2.15. The van der Waals surface area contributed by atoms with E-state index in [2.05, 4.69) is 28.0 Å². The molecule has 0 atom stereocenters. The lowest BCUT2D eigenvalue weighted by atomic mass is 10.2. The standard InChI is InChI=1S/C15H20ClN3/c1-3-4-9-17-15-18-12(2)10-19(15)11-13-5-7-14(16)8-6-13/h5-8,10H,3-4,9,11H2,1-2H3,(H,17,18). The Morgan fingerprint density at radius 1 is 1.26 bits per heavy atom. The summed E-state index contributed by atoms with van der Waals surface area (Å²) in [5, 5.41) is 4.16. The highest BCUT2D eigenvalue weighted by Crippen LogP contribution is 2.14. The maximum atomic E-state index is 5.90. The number of imidazole rings is 1. The van der Waals surface area contributed by atoms with Crippen molar-refractivity contribution in [1.82, 2.24) is 9.55 Å². The van der Waals surface area contributed by atoms with Crippen LogP contribution in [0.5, 0.6) is 0 Å². The maximum absolute atomic E-state index is 5.90. The van der Waals surface area contributed by atoms with Crippen LogP contribution in [0.3, 0.4) is 0 Å². The van der Waals surface area contributed by atoms with Crippen molar-refractivity contribution in [2.24, 2.45) is 0 Å². The first-order chi connectivity index (χ1) is 9.19. The fourth-order valence-electron chi connectivity index (χ4n) is 1.97. The minimum absolute atomic E-state index is 0.770. The average Bonchev–Trinajstić information content (AvgIpc) is 2.73. The fraction of sp³-hybridized carbons (Fsp3) is 0.400. The van der Waals surface area contributed by atoms with Gasteiger partial charge in [0.2, 0.25) is 5.95 Å². The van der Waals surface area contributed by atoms with Crippen LogP contribution in [0.4, 0.5) is 5.95 Å². The molecule has 0 saturated heterocycles. The van der Waals surface area contributed by atoms with Crippen molar-refractivity contribution < 1.29 is 0 Å². The fourth-order valence-corrected chi connectivity index (χ4v) is 2.10. The maximum Gasteiger partial charge on any atom is 0.203 e. The predicted molar refractivity (Wildman–Crippen MR) is 80.9 cm³/mol. The third kappa shape index (κ3) is 4.00. The Morgan fingerprint density at radius 2 is 2.00 bits per heavy atom. The summed E-state index contributed by atoms with van der Waals surface area (Å²) in [7, 11) is 0. The summed E-state index contributed by atoms with van der Waals surface area (Å²) in [5.41, 5.74) is 2.26. The number of benzene rings is 1. The minimum atomic E-state index is 0.770. The topological polar surface area (TPSA) is 29.9 Å². The Morgan fingerprint density at radius 3 is 2.68 bits per heavy atom. The summed E-state index contributed by atoms with van der Waals surface area (Å²) in [6.07, 6.45) is 4.42. The van der Waals surface area contributed by atoms with Crippen molar-refractivity contribution >= 4 is 17.5 Å². The van der Waals surface area contributed by atoms with Crippen LogP contribution in [0.25, 0.3) is 0 Å². The van der Waals surface area contributed by atoms with Gasteiger partial charge >= 0.3 is 0 Å². The van der Waals surface area contributed by atoms with Crippen molar-refractivity contribution in [3.63, 3.8) is 0 Å². The van der Waals surface area contributed by atoms with Crippen LogP contribution in [0.1, 0.15) is 31.0 Å². The highest BCUT2D eigenvalue weighted by Gasteiger charge is 2.05. The van der Waals surface area contributed by atoms with Crippen molar-refractivity contribution in [3.05, 3.63) is 46.7 Å². The molecule has 0 radical (unpaired) electrons. The van der Waals surface area contributed by atoms with Gasteiger partial charge in [0, 0.05) is 17.8 Å². The molecule has 4 heteroatoms. The molecular weight excluding hydrogens is 258 g/mol. The van der Waals surface area contributed by atoms with Crippen molar-refractivity contribution in [2.75, 3.05) is 11.9 Å². The number of hydrogen-bond acceptors (Lipinski definition) is 2. The average molecular weight is 278 g/mol. The summed E-state index contributed by atoms with van der Waals surface area (Å²) in [6, 6.07) is 7.94. The Kier molecular flexibility index (Phi) is 4.86. The molecule has 2 aromatic rings. The van der Waals surface area contributed by atoms with Gasteiger partial charge in [-0.2, -0.15) is 0 Å². The minimum Gasteiger partial charge on any atom is -0.356 e. The van der Waals surface area contributed by atoms with Crippen LogP contribution >= 0.6 is 11.6 Å². The van der Waals surface area contributed by atoms with Crippen LogP contribution in [-0.4, -0.2) is 16.1 Å². The molecule has 0 fully saturated rings. The van der Waals surface area contributed by atoms with Gasteiger partial charge in [0.05, 0.1) is 12.2 Å². The van der Waals surface area contributed by atoms with E-state index >= 15 is 0 Å². The Bertz CT molecular complexity index is 517. The quantitative estimate of drug-likeness (QED) is 0.806. The summed E-state index contributed by atoms with van der Waals surface area (Å²) in [4.78, 5) is 4.52. The van der Waals surface area contributed by atoms with Crippen molar-refractivity contribution in [1.29, 1.82) is 0 Å². The van der Waals surface area contributed by atoms with Crippen LogP contribution in [0.15, 0.2) is 30.5 Å². The largest absolute Gasteiger partial charge is 0.356 e. The van der Waals surface area contributed by atoms with E-state index in [0.29, 0.717) is 0 Å². The van der Waals surface area contributed by atoms with Gasteiger partial charge in [0.25, 0.3) is 0 Å². The zero-order valence-electron chi connectivity index (χ0n) is 11.5. The van der Waals surface area contributed by atoms with Crippen LogP contribution in [-0.2, 0) is 6.54 Å². The van der Waals surface area contributed by atoms with E-state index in [4.69, 9.17) is 11.6 Å². The number of hydrogen-bond donors (Lipinski definition) is 1. The third-order valence-corrected chi connectivity index (χ3v) is 3.23. The monoisotopic (exact) mass is 277 g/mol. The first-order valence-electron chi connectivity index (χ1n) is 6.71. The number of halogens is 1. The molecule has 0 aliphatic rings. The molecule has 102 valence electrons. The van der Waals surface area contributed by atoms with E-state index < -0.39 is 0 Å². The highest BCUT2D eigenvalue weighted by atomic mass is 35.5. The second-order valence-electron chi connectivity index (χ2n) is 4.74. The molecule has 1 aromatic carbocycles. The van der Waals surface area contributed by atoms with E-state index in [9.17, 15) is 0 Å². The number of anilines is 1. The molecule has 0 aliphatic heterocycles. The lowest BCUT2D eigenvalue weighted by Gasteiger charge is -2.09. The molecule has 1 heterocycles. The van der Waals surface area contributed by atoms with E-state index in [1.54, 1.807) is 0 Å². The molecule has 0 unspecified atom stereocenters. The summed E-state index contributed by atoms with van der Waals surface area (Å²) in [6.45, 7) is 5.98. The van der Waals surface area contributed by atoms with Gasteiger partial charge in [0.1, 0.15) is 0 Å². The van der Waals surface area contributed by atoms with Gasteiger partial charge in [-0.25, -0.2) is 4.98 Å². The number of rotatable bonds is 6. The van der Waals surface area contributed by atoms with Crippen molar-refractivity contribution in [3.8, 4) is 0 Å². The Hall–Kier alpha value is -1.48. The number of aromatic nitrogens is 2. The lowest BCUT2D eigenvalue weighted by Crippen LogP contribution is -2.09. The van der Waals surface area contributed by atoms with Crippen LogP contribution in [0, 0.1) is 6.92 Å². The number of unbranched alkanes of at least 4 members (excludes halogenated alkanes) is 1. The molecule has 3 nitrogen and oxygen atoms in total. The van der Waals surface area contributed by atoms with Gasteiger partial charge < -0.3 is 9.88 Å². The number of nitrogens with zero attached hydrogens (tertiary/aromatic N) is 2. The van der Waals surface area contributed by atoms with Gasteiger partial charge in [-0.3, -0.25) is 0 Å². The van der Waals surface area contributed by atoms with Gasteiger partial charge in [-0.15, -0.1) is 0 Å². The van der Waals surface area contributed by atoms with Crippen LogP contribution in [0.2, 0.25) is 5.02 Å². The molecule has 0 aliphatic carbocycles. The van der Waals surface area contributed by atoms with E-state index in [-0.39, 0.29) is 0 Å². The van der Waals surface area contributed by atoms with E-state index in [0.717, 1.165) is 36.2 Å². The lowest BCUT2D eigenvalue weighted by molar-refractivity contribution is 0.775. The predicted octanol–water partition coefficient (Wildman–Crippen LogP) is 4.11. The molecule has 1 N–H and O–H groups in total. The second kappa shape index (κ2) is 6.62. The van der Waals surface area contributed by atoms with Crippen molar-refractivity contribution in [2.45, 2.75) is 33.2 Å². The number of nitrogens with one attached hydrogen (secondary N) is 1. The molecule has 0 bridgehead atoms. The summed E-state index contributed by atoms with van der Waals surface area (Å²) >= 11 is 5.90. The highest BCUT2D eigenvalue weighted by molar-refractivity contribution is 6.30. The number of aryl methyl sites for hydroxylation is 1. The van der Waals surface area contributed by atoms with Gasteiger partial charge in [-0.05, 0) is 31.0 Å². The zero-order chi connectivity index (χ0) is 13.7. The Labute approximate surface area is 119 Å². The second-order valence-corrected chi connectivity index (χ2v) is 5.18.